The molecule has 2 aromatic heterocycles. The number of esters is 1. The molecule has 2 heterocycles. The predicted molar refractivity (Wildman–Crippen MR) is 130 cm³/mol. The highest BCUT2D eigenvalue weighted by Gasteiger charge is 2.29. The van der Waals surface area contributed by atoms with Gasteiger partial charge in [0.2, 0.25) is 0 Å². The second-order valence-electron chi connectivity index (χ2n) is 9.10. The van der Waals surface area contributed by atoms with Gasteiger partial charge < -0.3 is 19.2 Å². The van der Waals surface area contributed by atoms with Crippen molar-refractivity contribution in [2.75, 3.05) is 19.0 Å². The molecule has 3 aromatic rings. The van der Waals surface area contributed by atoms with E-state index in [0.717, 1.165) is 71.9 Å². The Bertz CT molecular complexity index is 1340. The Hall–Kier alpha value is -3.13. The summed E-state index contributed by atoms with van der Waals surface area (Å²) in [6.45, 7) is 1.95. The third-order valence-electron chi connectivity index (χ3n) is 6.72. The van der Waals surface area contributed by atoms with Gasteiger partial charge in [0, 0.05) is 21.9 Å². The molecule has 1 aromatic carbocycles. The van der Waals surface area contributed by atoms with Gasteiger partial charge in [0.05, 0.1) is 12.7 Å². The summed E-state index contributed by atoms with van der Waals surface area (Å²) in [4.78, 5) is 38.6. The summed E-state index contributed by atoms with van der Waals surface area (Å²) in [7, 11) is 1.35. The molecule has 0 spiro atoms. The number of hydrogen-bond acceptors (Lipinski definition) is 7. The van der Waals surface area contributed by atoms with Gasteiger partial charge in [-0.3, -0.25) is 4.79 Å². The SMILES string of the molecule is COC(=O)c1c(NC(=O)COc2ccc3c4c(c(=O)oc3c2)CCCC4)sc2c1CCC(C)C2. The standard InChI is InChI=1S/C26H27NO6S/c1-14-7-9-19-21(11-14)34-24(23(19)26(30)31-2)27-22(28)13-32-15-8-10-17-16-5-3-4-6-18(16)25(29)33-20(17)12-15/h8,10,12,14H,3-7,9,11,13H2,1-2H3,(H,27,28). The molecule has 0 aliphatic heterocycles. The van der Waals surface area contributed by atoms with E-state index in [-0.39, 0.29) is 18.1 Å². The first kappa shape index (κ1) is 22.7. The summed E-state index contributed by atoms with van der Waals surface area (Å²) in [5.74, 6) is 0.177. The third-order valence-corrected chi connectivity index (χ3v) is 7.89. The first-order valence-corrected chi connectivity index (χ1v) is 12.5. The molecule has 2 aliphatic carbocycles. The van der Waals surface area contributed by atoms with Crippen LogP contribution >= 0.6 is 11.3 Å². The Morgan fingerprint density at radius 2 is 1.94 bits per heavy atom. The lowest BCUT2D eigenvalue weighted by molar-refractivity contribution is -0.118. The lowest BCUT2D eigenvalue weighted by atomic mass is 9.88. The highest BCUT2D eigenvalue weighted by Crippen LogP contribution is 2.40. The number of ether oxygens (including phenoxy) is 2. The summed E-state index contributed by atoms with van der Waals surface area (Å²) in [6, 6.07) is 5.33. The fourth-order valence-electron chi connectivity index (χ4n) is 4.98. The molecule has 178 valence electrons. The highest BCUT2D eigenvalue weighted by molar-refractivity contribution is 7.17. The van der Waals surface area contributed by atoms with E-state index in [0.29, 0.717) is 27.8 Å². The Morgan fingerprint density at radius 1 is 1.15 bits per heavy atom. The number of nitrogens with one attached hydrogen (secondary N) is 1. The van der Waals surface area contributed by atoms with Crippen molar-refractivity contribution in [2.24, 2.45) is 5.92 Å². The zero-order valence-corrected chi connectivity index (χ0v) is 20.1. The minimum Gasteiger partial charge on any atom is -0.484 e. The van der Waals surface area contributed by atoms with Crippen molar-refractivity contribution in [3.8, 4) is 5.75 Å². The Labute approximate surface area is 201 Å². The molecule has 8 heteroatoms. The van der Waals surface area contributed by atoms with Gasteiger partial charge in [0.15, 0.2) is 6.61 Å². The molecular weight excluding hydrogens is 454 g/mol. The highest BCUT2D eigenvalue weighted by atomic mass is 32.1. The fourth-order valence-corrected chi connectivity index (χ4v) is 6.40. The molecule has 0 bridgehead atoms. The number of anilines is 1. The minimum atomic E-state index is -0.434. The average molecular weight is 482 g/mol. The molecule has 0 saturated carbocycles. The van der Waals surface area contributed by atoms with Crippen LogP contribution in [0.25, 0.3) is 11.0 Å². The summed E-state index contributed by atoms with van der Waals surface area (Å²) in [5, 5.41) is 4.27. The van der Waals surface area contributed by atoms with E-state index in [9.17, 15) is 14.4 Å². The van der Waals surface area contributed by atoms with Crippen molar-refractivity contribution in [1.29, 1.82) is 0 Å². The van der Waals surface area contributed by atoms with Crippen molar-refractivity contribution in [3.05, 3.63) is 55.8 Å². The van der Waals surface area contributed by atoms with Crippen molar-refractivity contribution < 1.29 is 23.5 Å². The van der Waals surface area contributed by atoms with Crippen LogP contribution in [0.2, 0.25) is 0 Å². The summed E-state index contributed by atoms with van der Waals surface area (Å²) in [5.41, 5.74) is 3.47. The van der Waals surface area contributed by atoms with Crippen molar-refractivity contribution >= 4 is 39.2 Å². The van der Waals surface area contributed by atoms with Crippen LogP contribution in [0.1, 0.15) is 58.1 Å². The second kappa shape index (κ2) is 9.25. The van der Waals surface area contributed by atoms with Gasteiger partial charge in [-0.25, -0.2) is 9.59 Å². The molecule has 7 nitrogen and oxygen atoms in total. The number of rotatable bonds is 5. The Morgan fingerprint density at radius 3 is 2.74 bits per heavy atom. The number of thiophene rings is 1. The maximum Gasteiger partial charge on any atom is 0.341 e. The lowest BCUT2D eigenvalue weighted by Gasteiger charge is -2.18. The van der Waals surface area contributed by atoms with Gasteiger partial charge in [0.1, 0.15) is 16.3 Å². The number of fused-ring (bicyclic) bond motifs is 4. The second-order valence-corrected chi connectivity index (χ2v) is 10.2. The van der Waals surface area contributed by atoms with Crippen LogP contribution in [-0.2, 0) is 35.2 Å². The summed E-state index contributed by atoms with van der Waals surface area (Å²) >= 11 is 1.44. The van der Waals surface area contributed by atoms with E-state index in [1.807, 2.05) is 6.07 Å². The number of methoxy groups -OCH3 is 1. The first-order valence-electron chi connectivity index (χ1n) is 11.7. The van der Waals surface area contributed by atoms with Crippen LogP contribution in [0.4, 0.5) is 5.00 Å². The van der Waals surface area contributed by atoms with Crippen molar-refractivity contribution in [3.63, 3.8) is 0 Å². The molecule has 2 aliphatic rings. The molecule has 1 amide bonds. The molecule has 1 N–H and O–H groups in total. The van der Waals surface area contributed by atoms with Crippen molar-refractivity contribution in [1.82, 2.24) is 0 Å². The van der Waals surface area contributed by atoms with E-state index < -0.39 is 5.97 Å². The molecule has 5 rings (SSSR count). The lowest BCUT2D eigenvalue weighted by Crippen LogP contribution is -2.21. The largest absolute Gasteiger partial charge is 0.484 e. The number of hydrogen-bond donors (Lipinski definition) is 1. The van der Waals surface area contributed by atoms with E-state index in [1.165, 1.54) is 18.4 Å². The number of aryl methyl sites for hydroxylation is 1. The molecular formula is C26H27NO6S. The molecule has 0 saturated heterocycles. The van der Waals surface area contributed by atoms with E-state index in [2.05, 4.69) is 12.2 Å². The average Bonchev–Trinajstić information content (AvgIpc) is 3.18. The maximum atomic E-state index is 12.7. The Balaban J connectivity index is 1.32. The van der Waals surface area contributed by atoms with Gasteiger partial charge in [-0.1, -0.05) is 6.92 Å². The summed E-state index contributed by atoms with van der Waals surface area (Å²) < 4.78 is 16.2. The molecule has 34 heavy (non-hydrogen) atoms. The van der Waals surface area contributed by atoms with Crippen LogP contribution in [0.15, 0.2) is 27.4 Å². The molecule has 0 radical (unpaired) electrons. The topological polar surface area (TPSA) is 94.8 Å². The van der Waals surface area contributed by atoms with E-state index in [1.54, 1.807) is 12.1 Å². The number of carbonyl (C=O) groups is 2. The van der Waals surface area contributed by atoms with Gasteiger partial charge in [0.25, 0.3) is 5.91 Å². The molecule has 0 fully saturated rings. The van der Waals surface area contributed by atoms with Gasteiger partial charge in [-0.2, -0.15) is 0 Å². The third kappa shape index (κ3) is 4.22. The maximum absolute atomic E-state index is 12.7. The molecule has 1 unspecified atom stereocenters. The van der Waals surface area contributed by atoms with Crippen LogP contribution in [-0.4, -0.2) is 25.6 Å². The first-order chi connectivity index (χ1) is 16.4. The predicted octanol–water partition coefficient (Wildman–Crippen LogP) is 4.66. The van der Waals surface area contributed by atoms with Gasteiger partial charge >= 0.3 is 11.6 Å². The number of carbonyl (C=O) groups excluding carboxylic acids is 2. The van der Waals surface area contributed by atoms with Crippen LogP contribution in [0.5, 0.6) is 5.75 Å². The van der Waals surface area contributed by atoms with Crippen LogP contribution in [0.3, 0.4) is 0 Å². The number of benzene rings is 1. The minimum absolute atomic E-state index is 0.236. The zero-order chi connectivity index (χ0) is 23.8. The fraction of sp³-hybridized carbons (Fsp3) is 0.423. The molecule has 1 atom stereocenters. The smallest absolute Gasteiger partial charge is 0.341 e. The normalized spacial score (nSPS) is 17.1. The van der Waals surface area contributed by atoms with Crippen LogP contribution < -0.4 is 15.7 Å². The monoisotopic (exact) mass is 481 g/mol. The van der Waals surface area contributed by atoms with E-state index in [4.69, 9.17) is 13.9 Å². The zero-order valence-electron chi connectivity index (χ0n) is 19.3. The van der Waals surface area contributed by atoms with Crippen molar-refractivity contribution in [2.45, 2.75) is 51.9 Å². The van der Waals surface area contributed by atoms with E-state index >= 15 is 0 Å². The summed E-state index contributed by atoms with van der Waals surface area (Å²) in [6.07, 6.45) is 6.38. The quantitative estimate of drug-likeness (QED) is 0.421. The van der Waals surface area contributed by atoms with Crippen LogP contribution in [0, 0.1) is 5.92 Å². The van der Waals surface area contributed by atoms with Gasteiger partial charge in [-0.15, -0.1) is 11.3 Å². The number of amides is 1. The Kier molecular flexibility index (Phi) is 6.16. The van der Waals surface area contributed by atoms with Gasteiger partial charge in [-0.05, 0) is 74.1 Å².